The highest BCUT2D eigenvalue weighted by molar-refractivity contribution is 7.48. The van der Waals surface area contributed by atoms with E-state index in [0.29, 0.717) is 64.2 Å². The second-order valence-electron chi connectivity index (χ2n) is 31.6. The van der Waals surface area contributed by atoms with Crippen LogP contribution in [0.2, 0.25) is 0 Å². The third kappa shape index (κ3) is 41.3. The van der Waals surface area contributed by atoms with Crippen molar-refractivity contribution in [3.63, 3.8) is 0 Å². The molecule has 29 atom stereocenters. The number of phosphoric acid groups is 5. The van der Waals surface area contributed by atoms with Crippen LogP contribution < -0.4 is 0 Å². The van der Waals surface area contributed by atoms with Crippen LogP contribution in [0.1, 0.15) is 182 Å². The molecule has 6 heterocycles. The second-order valence-corrected chi connectivity index (χ2v) is 38.7. The predicted octanol–water partition coefficient (Wildman–Crippen LogP) is 4.24. The lowest BCUT2D eigenvalue weighted by molar-refractivity contribution is -0.280. The average molecular weight is 1900 g/mol. The van der Waals surface area contributed by atoms with Gasteiger partial charge in [-0.3, -0.25) is 59.6 Å². The number of hydrogen-bond donors (Lipinski definition) is 14. The number of carbonyl (C=O) groups excluding carboxylic acids is 3. The van der Waals surface area contributed by atoms with Crippen molar-refractivity contribution in [2.24, 2.45) is 23.7 Å². The molecule has 14 unspecified atom stereocenters. The highest BCUT2D eigenvalue weighted by atomic mass is 31.2. The summed E-state index contributed by atoms with van der Waals surface area (Å²) in [6.45, 7) is 0.491. The number of Topliss-reactive ketones (excluding diaryl/α,β-unsaturated/α-hetero) is 3. The maximum atomic E-state index is 13.5. The van der Waals surface area contributed by atoms with Gasteiger partial charge in [-0.05, 0) is 57.8 Å². The molecule has 6 fully saturated rings. The maximum Gasteiger partial charge on any atom is 0.472 e. The molecule has 0 radical (unpaired) electrons. The molecular weight excluding hydrogens is 1760 g/mol. The number of carbonyl (C=O) groups is 3. The van der Waals surface area contributed by atoms with Crippen LogP contribution in [-0.4, -0.2) is 337 Å². The SMILES string of the molecule is COCCCOP(=O)(O)O[C@@H]1C[C@@H](OCCCCCCCC(=O)CO[C@@H]2OC(CO)[C@H](C)[C@H](O)C2C)OC1COP(=O)(O)OCCCOP(=O)(O)O[C@@H]1C[C@@H](OCCCCCCCC(=O)CO[C@@H]2OC(CO)[C@H](O)[C@H](O)C2C)OC1COP(=O)(O)OCCCOP(=O)(O)OC1C[C@@H](OCCCCCCCC(=O)CO[C@@H]2OC(CO)[C@H](O)[C@H](O)C2C)O[C@@H]1CO. The van der Waals surface area contributed by atoms with Crippen LogP contribution >= 0.6 is 39.1 Å². The van der Waals surface area contributed by atoms with Crippen LogP contribution in [0.15, 0.2) is 0 Å². The summed E-state index contributed by atoms with van der Waals surface area (Å²) in [6, 6.07) is 0. The Morgan fingerprint density at radius 3 is 0.911 bits per heavy atom. The highest BCUT2D eigenvalue weighted by Gasteiger charge is 2.49. The Hall–Kier alpha value is -1.32. The minimum atomic E-state index is -5.10. The van der Waals surface area contributed by atoms with Gasteiger partial charge in [0, 0.05) is 95.7 Å². The van der Waals surface area contributed by atoms with Crippen LogP contribution in [0, 0.1) is 23.7 Å². The van der Waals surface area contributed by atoms with Crippen molar-refractivity contribution < 1.29 is 214 Å². The molecule has 0 aliphatic carbocycles. The van der Waals surface area contributed by atoms with Crippen LogP contribution in [0.5, 0.6) is 0 Å². The molecule has 0 saturated carbocycles. The Morgan fingerprint density at radius 2 is 0.581 bits per heavy atom. The normalized spacial score (nSPS) is 33.0. The summed E-state index contributed by atoms with van der Waals surface area (Å²) in [5, 5.41) is 89.7. The lowest BCUT2D eigenvalue weighted by atomic mass is 9.86. The topological polar surface area (TPSA) is 632 Å². The molecule has 6 rings (SSSR count). The molecule has 0 aromatic rings. The molecule has 6 aliphatic heterocycles. The van der Waals surface area contributed by atoms with Crippen LogP contribution in [0.3, 0.4) is 0 Å². The van der Waals surface area contributed by atoms with Gasteiger partial charge < -0.3 is 132 Å². The van der Waals surface area contributed by atoms with Gasteiger partial charge in [0.15, 0.2) is 55.1 Å². The number of aliphatic hydroxyl groups is 9. The van der Waals surface area contributed by atoms with Crippen molar-refractivity contribution >= 4 is 56.5 Å². The first-order chi connectivity index (χ1) is 58.9. The molecule has 0 bridgehead atoms. The van der Waals surface area contributed by atoms with Gasteiger partial charge in [0.25, 0.3) is 0 Å². The maximum absolute atomic E-state index is 13.5. The number of phosphoric ester groups is 5. The van der Waals surface area contributed by atoms with E-state index in [0.717, 1.165) is 32.1 Å². The third-order valence-electron chi connectivity index (χ3n) is 21.5. The Kier molecular flexibility index (Phi) is 52.2. The van der Waals surface area contributed by atoms with Crippen molar-refractivity contribution in [3.05, 3.63) is 0 Å². The average Bonchev–Trinajstić information content (AvgIpc) is 1.43. The first-order valence-electron chi connectivity index (χ1n) is 42.6. The predicted molar refractivity (Wildman–Crippen MR) is 426 cm³/mol. The summed E-state index contributed by atoms with van der Waals surface area (Å²) in [7, 11) is -23.2. The molecule has 45 nitrogen and oxygen atoms in total. The van der Waals surface area contributed by atoms with Gasteiger partial charge in [0.2, 0.25) is 0 Å². The first-order valence-corrected chi connectivity index (χ1v) is 50.1. The quantitative estimate of drug-likeness (QED) is 0.0299. The van der Waals surface area contributed by atoms with Gasteiger partial charge in [-0.2, -0.15) is 0 Å². The minimum absolute atomic E-state index is 0.0529. The molecule has 6 saturated heterocycles. The lowest BCUT2D eigenvalue weighted by Crippen LogP contribution is -2.55. The van der Waals surface area contributed by atoms with Gasteiger partial charge in [-0.1, -0.05) is 85.5 Å². The van der Waals surface area contributed by atoms with E-state index in [1.54, 1.807) is 27.7 Å². The lowest BCUT2D eigenvalue weighted by Gasteiger charge is -2.41. The fraction of sp³-hybridized carbons (Fsp3) is 0.959. The van der Waals surface area contributed by atoms with Crippen molar-refractivity contribution in [1.82, 2.24) is 0 Å². The summed E-state index contributed by atoms with van der Waals surface area (Å²) in [6.07, 6.45) is -12.5. The van der Waals surface area contributed by atoms with Crippen LogP contribution in [-0.2, 0) is 144 Å². The largest absolute Gasteiger partial charge is 0.472 e. The van der Waals surface area contributed by atoms with Gasteiger partial charge in [-0.25, -0.2) is 22.8 Å². The summed E-state index contributed by atoms with van der Waals surface area (Å²) in [4.78, 5) is 91.1. The van der Waals surface area contributed by atoms with Crippen molar-refractivity contribution in [2.45, 2.75) is 305 Å². The highest BCUT2D eigenvalue weighted by Crippen LogP contribution is 2.53. The number of methoxy groups -OCH3 is 1. The molecule has 0 aromatic carbocycles. The van der Waals surface area contributed by atoms with Gasteiger partial charge >= 0.3 is 39.1 Å². The number of aliphatic hydroxyl groups excluding tert-OH is 9. The molecule has 0 amide bonds. The number of hydrogen-bond acceptors (Lipinski definition) is 40. The molecule has 0 spiro atoms. The Bertz CT molecular complexity index is 3240. The van der Waals surface area contributed by atoms with E-state index in [1.165, 1.54) is 7.11 Å². The van der Waals surface area contributed by atoms with Gasteiger partial charge in [0.05, 0.1) is 97.1 Å². The number of ether oxygens (including phenoxy) is 13. The zero-order chi connectivity index (χ0) is 91.1. The smallest absolute Gasteiger partial charge is 0.394 e. The fourth-order valence-electron chi connectivity index (χ4n) is 14.1. The molecular formula is C74H137O45P5. The van der Waals surface area contributed by atoms with E-state index in [9.17, 15) is 108 Å². The minimum Gasteiger partial charge on any atom is -0.394 e. The zero-order valence-electron chi connectivity index (χ0n) is 71.2. The fourth-order valence-corrected chi connectivity index (χ4v) is 18.6. The van der Waals surface area contributed by atoms with E-state index < -0.39 is 240 Å². The van der Waals surface area contributed by atoms with E-state index in [1.807, 2.05) is 0 Å². The Morgan fingerprint density at radius 1 is 0.298 bits per heavy atom. The Balaban J connectivity index is 0.902. The Labute approximate surface area is 722 Å². The molecule has 6 aliphatic rings. The van der Waals surface area contributed by atoms with Crippen LogP contribution in [0.25, 0.3) is 0 Å². The van der Waals surface area contributed by atoms with Crippen LogP contribution in [0.4, 0.5) is 0 Å². The second kappa shape index (κ2) is 58.1. The number of ketones is 3. The monoisotopic (exact) mass is 1900 g/mol. The van der Waals surface area contributed by atoms with Gasteiger partial charge in [0.1, 0.15) is 80.9 Å². The zero-order valence-corrected chi connectivity index (χ0v) is 75.7. The summed E-state index contributed by atoms with van der Waals surface area (Å²) in [5.41, 5.74) is 0. The summed E-state index contributed by atoms with van der Waals surface area (Å²) in [5.74, 6) is -2.55. The first kappa shape index (κ1) is 111. The van der Waals surface area contributed by atoms with Crippen molar-refractivity contribution in [2.75, 3.05) is 126 Å². The summed E-state index contributed by atoms with van der Waals surface area (Å²) >= 11 is 0. The van der Waals surface area contributed by atoms with E-state index in [4.69, 9.17) is 107 Å². The molecule has 124 heavy (non-hydrogen) atoms. The number of unbranched alkanes of at least 4 members (excludes halogenated alkanes) is 12. The van der Waals surface area contributed by atoms with Crippen molar-refractivity contribution in [3.8, 4) is 0 Å². The molecule has 14 N–H and O–H groups in total. The third-order valence-corrected chi connectivity index (χ3v) is 26.6. The van der Waals surface area contributed by atoms with E-state index in [2.05, 4.69) is 0 Å². The summed E-state index contributed by atoms with van der Waals surface area (Å²) < 4.78 is 192. The molecule has 0 aromatic heterocycles. The molecule has 50 heteroatoms. The number of rotatable bonds is 69. The van der Waals surface area contributed by atoms with Gasteiger partial charge in [-0.15, -0.1) is 0 Å². The standard InChI is InChI=1S/C74H137O45P5/c1-48-58(39-75)114-72(49(2)67(48)82)101-43-52(79)24-15-10-7-13-19-29-99-65-37-56(118-123(93,94)106-31-21-27-97-5)62(112-65)46-109-121(89,90)105-33-23-35-108-124(95,96)119-57-38-66(100-30-20-14-8-11-17-26-54(81)45-103-74-51(4)69(84)71(86)61(42-78)116-74)113-63(57)47-110-120(87,88)104-32-22-34-107-122(91,92)117-55-36-64(111-59(55)40-76)98-28-18-12-6-9-16-25-53(80)44-102-73-50(3)68(83)70(85)60(41-77)115-73/h48-51,55-78,82-86H,6-47H2,1-5H3,(H,87,88)(H,89,90)(H,91,92)(H,93,94)(H,95,96)/t48-,49?,50?,51?,55?,56+,57+,58?,59+,60?,61?,62?,63?,64-,65-,66-,67-,68+,69+,70-,71-,72+,73+,74+/m0/s1. The van der Waals surface area contributed by atoms with Crippen molar-refractivity contribution in [1.29, 1.82) is 0 Å². The molecule has 728 valence electrons. The van der Waals surface area contributed by atoms with E-state index >= 15 is 0 Å². The van der Waals surface area contributed by atoms with E-state index in [-0.39, 0.29) is 141 Å².